The third-order valence-electron chi connectivity index (χ3n) is 2.78. The average Bonchev–Trinajstić information content (AvgIpc) is 2.36. The summed E-state index contributed by atoms with van der Waals surface area (Å²) in [5.41, 5.74) is 0.788. The molecular formula is C12H11Cl2NO3S. The fourth-order valence-corrected chi connectivity index (χ4v) is 3.34. The number of aliphatic carboxylic acids is 1. The van der Waals surface area contributed by atoms with E-state index in [9.17, 15) is 9.59 Å². The summed E-state index contributed by atoms with van der Waals surface area (Å²) in [4.78, 5) is 22.6. The number of nitrogens with one attached hydrogen (secondary N) is 1. The SMILES string of the molecule is O=C(O)[C@@H]1CS[C@H](Cc2cc(Cl)ccc2Cl)C(=O)N1. The van der Waals surface area contributed by atoms with Crippen molar-refractivity contribution in [2.45, 2.75) is 17.7 Å². The standard InChI is InChI=1S/C12H11Cl2NO3S/c13-7-1-2-8(14)6(3-7)4-10-11(16)15-9(5-19-10)12(17)18/h1-3,9-10H,4-5H2,(H,15,16)(H,17,18)/t9-,10+/m0/s1. The van der Waals surface area contributed by atoms with Gasteiger partial charge in [0.2, 0.25) is 5.91 Å². The van der Waals surface area contributed by atoms with Gasteiger partial charge >= 0.3 is 5.97 Å². The molecule has 1 aromatic carbocycles. The van der Waals surface area contributed by atoms with E-state index < -0.39 is 12.0 Å². The second kappa shape index (κ2) is 6.03. The lowest BCUT2D eigenvalue weighted by Gasteiger charge is -2.26. The zero-order valence-electron chi connectivity index (χ0n) is 9.73. The van der Waals surface area contributed by atoms with Crippen LogP contribution in [0, 0.1) is 0 Å². The second-order valence-corrected chi connectivity index (χ2v) is 6.24. The molecule has 1 fully saturated rings. The van der Waals surface area contributed by atoms with Gasteiger partial charge in [-0.3, -0.25) is 4.79 Å². The molecule has 0 saturated carbocycles. The number of halogens is 2. The van der Waals surface area contributed by atoms with Crippen LogP contribution in [0.2, 0.25) is 10.0 Å². The van der Waals surface area contributed by atoms with Gasteiger partial charge in [-0.05, 0) is 30.2 Å². The quantitative estimate of drug-likeness (QED) is 0.896. The molecule has 0 spiro atoms. The Kier molecular flexibility index (Phi) is 4.60. The third kappa shape index (κ3) is 3.55. The number of hydrogen-bond acceptors (Lipinski definition) is 3. The van der Waals surface area contributed by atoms with Crippen molar-refractivity contribution in [2.75, 3.05) is 5.75 Å². The van der Waals surface area contributed by atoms with Crippen LogP contribution in [0.4, 0.5) is 0 Å². The molecule has 1 amide bonds. The number of carboxylic acid groups (broad SMARTS) is 1. The van der Waals surface area contributed by atoms with E-state index in [0.717, 1.165) is 5.56 Å². The second-order valence-electron chi connectivity index (χ2n) is 4.16. The topological polar surface area (TPSA) is 66.4 Å². The van der Waals surface area contributed by atoms with Crippen LogP contribution in [-0.4, -0.2) is 34.0 Å². The molecule has 2 N–H and O–H groups in total. The van der Waals surface area contributed by atoms with Crippen molar-refractivity contribution >= 4 is 46.8 Å². The summed E-state index contributed by atoms with van der Waals surface area (Å²) in [5, 5.41) is 12.1. The summed E-state index contributed by atoms with van der Waals surface area (Å²) >= 11 is 13.3. The van der Waals surface area contributed by atoms with Crippen LogP contribution in [0.1, 0.15) is 5.56 Å². The van der Waals surface area contributed by atoms with E-state index in [4.69, 9.17) is 28.3 Å². The van der Waals surface area contributed by atoms with Gasteiger partial charge in [-0.1, -0.05) is 23.2 Å². The fourth-order valence-electron chi connectivity index (χ4n) is 1.78. The lowest BCUT2D eigenvalue weighted by atomic mass is 10.1. The largest absolute Gasteiger partial charge is 0.480 e. The summed E-state index contributed by atoms with van der Waals surface area (Å²) in [7, 11) is 0. The van der Waals surface area contributed by atoms with E-state index in [1.165, 1.54) is 11.8 Å². The van der Waals surface area contributed by atoms with Crippen molar-refractivity contribution in [3.63, 3.8) is 0 Å². The van der Waals surface area contributed by atoms with Gasteiger partial charge in [0.1, 0.15) is 6.04 Å². The molecule has 0 aliphatic carbocycles. The zero-order valence-corrected chi connectivity index (χ0v) is 12.1. The van der Waals surface area contributed by atoms with Gasteiger partial charge in [0.05, 0.1) is 5.25 Å². The number of carbonyl (C=O) groups excluding carboxylic acids is 1. The molecule has 0 radical (unpaired) electrons. The van der Waals surface area contributed by atoms with Crippen LogP contribution in [0.15, 0.2) is 18.2 Å². The highest BCUT2D eigenvalue weighted by molar-refractivity contribution is 8.00. The van der Waals surface area contributed by atoms with Gasteiger partial charge in [0.25, 0.3) is 0 Å². The lowest BCUT2D eigenvalue weighted by molar-refractivity contribution is -0.141. The minimum atomic E-state index is -1.01. The van der Waals surface area contributed by atoms with Crippen molar-refractivity contribution in [2.24, 2.45) is 0 Å². The van der Waals surface area contributed by atoms with Crippen LogP contribution in [0.25, 0.3) is 0 Å². The Labute approximate surface area is 124 Å². The third-order valence-corrected chi connectivity index (χ3v) is 4.70. The Morgan fingerprint density at radius 1 is 1.47 bits per heavy atom. The Morgan fingerprint density at radius 2 is 2.21 bits per heavy atom. The molecule has 1 aliphatic rings. The first-order chi connectivity index (χ1) is 8.97. The van der Waals surface area contributed by atoms with E-state index in [2.05, 4.69) is 5.32 Å². The van der Waals surface area contributed by atoms with E-state index in [0.29, 0.717) is 22.2 Å². The maximum Gasteiger partial charge on any atom is 0.327 e. The number of carboxylic acids is 1. The molecule has 0 unspecified atom stereocenters. The van der Waals surface area contributed by atoms with Crippen LogP contribution in [0.3, 0.4) is 0 Å². The molecule has 102 valence electrons. The van der Waals surface area contributed by atoms with Gasteiger partial charge in [-0.25, -0.2) is 4.79 Å². The van der Waals surface area contributed by atoms with Crippen molar-refractivity contribution in [1.82, 2.24) is 5.32 Å². The molecular weight excluding hydrogens is 309 g/mol. The molecule has 1 aliphatic heterocycles. The maximum absolute atomic E-state index is 11.8. The number of carbonyl (C=O) groups is 2. The molecule has 2 rings (SSSR count). The van der Waals surface area contributed by atoms with E-state index in [1.807, 2.05) is 0 Å². The summed E-state index contributed by atoms with van der Waals surface area (Å²) < 4.78 is 0. The summed E-state index contributed by atoms with van der Waals surface area (Å²) in [5.74, 6) is -0.941. The average molecular weight is 320 g/mol. The molecule has 1 aromatic rings. The van der Waals surface area contributed by atoms with Crippen LogP contribution in [-0.2, 0) is 16.0 Å². The first-order valence-corrected chi connectivity index (χ1v) is 7.36. The lowest BCUT2D eigenvalue weighted by Crippen LogP contribution is -2.51. The fraction of sp³-hybridized carbons (Fsp3) is 0.333. The number of thioether (sulfide) groups is 1. The van der Waals surface area contributed by atoms with Crippen molar-refractivity contribution in [3.05, 3.63) is 33.8 Å². The molecule has 1 saturated heterocycles. The summed E-state index contributed by atoms with van der Waals surface area (Å²) in [6.07, 6.45) is 0.433. The predicted octanol–water partition coefficient (Wildman–Crippen LogP) is 2.22. The maximum atomic E-state index is 11.8. The monoisotopic (exact) mass is 319 g/mol. The predicted molar refractivity (Wildman–Crippen MR) is 76.0 cm³/mol. The Hall–Kier alpha value is -0.910. The molecule has 1 heterocycles. The Morgan fingerprint density at radius 3 is 2.84 bits per heavy atom. The molecule has 4 nitrogen and oxygen atoms in total. The van der Waals surface area contributed by atoms with Gasteiger partial charge in [-0.15, -0.1) is 11.8 Å². The van der Waals surface area contributed by atoms with Crippen LogP contribution in [0.5, 0.6) is 0 Å². The number of hydrogen-bond donors (Lipinski definition) is 2. The Bertz CT molecular complexity index is 524. The van der Waals surface area contributed by atoms with Gasteiger partial charge in [0, 0.05) is 15.8 Å². The smallest absolute Gasteiger partial charge is 0.327 e. The number of rotatable bonds is 3. The van der Waals surface area contributed by atoms with Gasteiger partial charge < -0.3 is 10.4 Å². The highest BCUT2D eigenvalue weighted by Gasteiger charge is 2.32. The van der Waals surface area contributed by atoms with E-state index >= 15 is 0 Å². The summed E-state index contributed by atoms with van der Waals surface area (Å²) in [6, 6.07) is 4.27. The minimum absolute atomic E-state index is 0.278. The number of benzene rings is 1. The molecule has 0 bridgehead atoms. The number of amides is 1. The van der Waals surface area contributed by atoms with Crippen LogP contribution < -0.4 is 5.32 Å². The first-order valence-electron chi connectivity index (χ1n) is 5.56. The highest BCUT2D eigenvalue weighted by Crippen LogP contribution is 2.27. The van der Waals surface area contributed by atoms with Crippen molar-refractivity contribution in [3.8, 4) is 0 Å². The Balaban J connectivity index is 2.06. The van der Waals surface area contributed by atoms with E-state index in [-0.39, 0.29) is 11.2 Å². The summed E-state index contributed by atoms with van der Waals surface area (Å²) in [6.45, 7) is 0. The first kappa shape index (κ1) is 14.5. The van der Waals surface area contributed by atoms with Gasteiger partial charge in [-0.2, -0.15) is 0 Å². The molecule has 2 atom stereocenters. The molecule has 0 aromatic heterocycles. The van der Waals surface area contributed by atoms with Crippen molar-refractivity contribution in [1.29, 1.82) is 0 Å². The highest BCUT2D eigenvalue weighted by atomic mass is 35.5. The normalized spacial score (nSPS) is 22.9. The van der Waals surface area contributed by atoms with Gasteiger partial charge in [0.15, 0.2) is 0 Å². The van der Waals surface area contributed by atoms with Crippen LogP contribution >= 0.6 is 35.0 Å². The minimum Gasteiger partial charge on any atom is -0.480 e. The zero-order chi connectivity index (χ0) is 14.0. The molecule has 7 heteroatoms. The van der Waals surface area contributed by atoms with Crippen molar-refractivity contribution < 1.29 is 14.7 Å². The molecule has 19 heavy (non-hydrogen) atoms. The van der Waals surface area contributed by atoms with E-state index in [1.54, 1.807) is 18.2 Å².